The highest BCUT2D eigenvalue weighted by Crippen LogP contribution is 2.21. The number of likely N-dealkylation sites (tertiary alicyclic amines) is 1. The minimum Gasteiger partial charge on any atom is -0.357 e. The first-order valence-corrected chi connectivity index (χ1v) is 9.00. The van der Waals surface area contributed by atoms with Crippen LogP contribution >= 0.6 is 0 Å². The number of hydrogen-bond acceptors (Lipinski definition) is 4. The molecular formula is C19H27N5O. The maximum atomic E-state index is 12.7. The summed E-state index contributed by atoms with van der Waals surface area (Å²) >= 11 is 0. The van der Waals surface area contributed by atoms with Gasteiger partial charge in [0, 0.05) is 51.3 Å². The van der Waals surface area contributed by atoms with Crippen LogP contribution in [0.15, 0.2) is 36.8 Å². The Hall–Kier alpha value is -2.37. The van der Waals surface area contributed by atoms with E-state index >= 15 is 0 Å². The fraction of sp³-hybridized carbons (Fsp3) is 0.526. The fourth-order valence-corrected chi connectivity index (χ4v) is 3.16. The van der Waals surface area contributed by atoms with Gasteiger partial charge >= 0.3 is 0 Å². The highest BCUT2D eigenvalue weighted by molar-refractivity contribution is 5.94. The number of anilines is 1. The molecule has 0 bridgehead atoms. The molecule has 6 nitrogen and oxygen atoms in total. The zero-order valence-electron chi connectivity index (χ0n) is 15.3. The lowest BCUT2D eigenvalue weighted by atomic mass is 9.96. The molecule has 1 aliphatic heterocycles. The van der Waals surface area contributed by atoms with Gasteiger partial charge < -0.3 is 9.80 Å². The monoisotopic (exact) mass is 341 g/mol. The van der Waals surface area contributed by atoms with Crippen molar-refractivity contribution < 1.29 is 4.79 Å². The van der Waals surface area contributed by atoms with E-state index in [9.17, 15) is 4.79 Å². The molecule has 0 spiro atoms. The topological polar surface area (TPSA) is 54.3 Å². The highest BCUT2D eigenvalue weighted by atomic mass is 16.2. The highest BCUT2D eigenvalue weighted by Gasteiger charge is 2.24. The van der Waals surface area contributed by atoms with E-state index in [0.29, 0.717) is 17.5 Å². The van der Waals surface area contributed by atoms with Gasteiger partial charge in [-0.3, -0.25) is 9.48 Å². The molecule has 1 amide bonds. The third kappa shape index (κ3) is 4.18. The van der Waals surface area contributed by atoms with E-state index in [0.717, 1.165) is 38.3 Å². The van der Waals surface area contributed by atoms with Crippen molar-refractivity contribution in [3.05, 3.63) is 42.4 Å². The SMILES string of the molecule is CC(C)N(C)c1ccc(C(=O)N2CCC(Cn3cccn3)CC2)cn1. The summed E-state index contributed by atoms with van der Waals surface area (Å²) < 4.78 is 1.98. The molecule has 0 atom stereocenters. The molecule has 6 heteroatoms. The van der Waals surface area contributed by atoms with Crippen molar-refractivity contribution in [2.75, 3.05) is 25.0 Å². The third-order valence-electron chi connectivity index (χ3n) is 5.04. The average Bonchev–Trinajstić information content (AvgIpc) is 3.14. The van der Waals surface area contributed by atoms with Gasteiger partial charge in [0.15, 0.2) is 0 Å². The van der Waals surface area contributed by atoms with Crippen LogP contribution in [-0.4, -0.2) is 51.8 Å². The minimum absolute atomic E-state index is 0.0868. The normalized spacial score (nSPS) is 15.6. The van der Waals surface area contributed by atoms with E-state index in [1.54, 1.807) is 6.20 Å². The van der Waals surface area contributed by atoms with Crippen LogP contribution in [0.25, 0.3) is 0 Å². The quantitative estimate of drug-likeness (QED) is 0.839. The summed E-state index contributed by atoms with van der Waals surface area (Å²) in [5.74, 6) is 1.57. The molecule has 1 fully saturated rings. The summed E-state index contributed by atoms with van der Waals surface area (Å²) in [6.07, 6.45) is 7.55. The van der Waals surface area contributed by atoms with Gasteiger partial charge in [0.1, 0.15) is 5.82 Å². The Morgan fingerprint density at radius 1 is 1.32 bits per heavy atom. The van der Waals surface area contributed by atoms with E-state index in [1.165, 1.54) is 0 Å². The first-order valence-electron chi connectivity index (χ1n) is 9.00. The minimum atomic E-state index is 0.0868. The van der Waals surface area contributed by atoms with Gasteiger partial charge in [-0.2, -0.15) is 5.10 Å². The predicted octanol–water partition coefficient (Wildman–Crippen LogP) is 2.68. The first kappa shape index (κ1) is 17.5. The number of carbonyl (C=O) groups is 1. The molecule has 2 aromatic heterocycles. The van der Waals surface area contributed by atoms with Crippen molar-refractivity contribution in [1.82, 2.24) is 19.7 Å². The Kier molecular flexibility index (Phi) is 5.36. The van der Waals surface area contributed by atoms with E-state index in [-0.39, 0.29) is 5.91 Å². The number of carbonyl (C=O) groups excluding carboxylic acids is 1. The Morgan fingerprint density at radius 3 is 2.64 bits per heavy atom. The Bertz CT molecular complexity index is 672. The second-order valence-electron chi connectivity index (χ2n) is 7.07. The largest absolute Gasteiger partial charge is 0.357 e. The molecule has 0 saturated carbocycles. The predicted molar refractivity (Wildman–Crippen MR) is 98.6 cm³/mol. The van der Waals surface area contributed by atoms with Gasteiger partial charge in [-0.1, -0.05) is 0 Å². The van der Waals surface area contributed by atoms with Crippen LogP contribution in [0.2, 0.25) is 0 Å². The summed E-state index contributed by atoms with van der Waals surface area (Å²) in [5.41, 5.74) is 0.673. The molecule has 0 aromatic carbocycles. The zero-order chi connectivity index (χ0) is 17.8. The zero-order valence-corrected chi connectivity index (χ0v) is 15.3. The molecule has 0 unspecified atom stereocenters. The lowest BCUT2D eigenvalue weighted by Crippen LogP contribution is -2.39. The summed E-state index contributed by atoms with van der Waals surface area (Å²) in [5, 5.41) is 4.27. The average molecular weight is 341 g/mol. The molecule has 134 valence electrons. The van der Waals surface area contributed by atoms with Gasteiger partial charge in [0.05, 0.1) is 5.56 Å². The third-order valence-corrected chi connectivity index (χ3v) is 5.04. The van der Waals surface area contributed by atoms with Crippen LogP contribution in [0.5, 0.6) is 0 Å². The van der Waals surface area contributed by atoms with Gasteiger partial charge in [-0.25, -0.2) is 4.98 Å². The van der Waals surface area contributed by atoms with Crippen molar-refractivity contribution >= 4 is 11.7 Å². The van der Waals surface area contributed by atoms with E-state index in [4.69, 9.17) is 0 Å². The van der Waals surface area contributed by atoms with E-state index in [1.807, 2.05) is 47.2 Å². The van der Waals surface area contributed by atoms with Gasteiger partial charge in [-0.05, 0) is 50.8 Å². The van der Waals surface area contributed by atoms with Gasteiger partial charge in [-0.15, -0.1) is 0 Å². The molecule has 0 N–H and O–H groups in total. The number of rotatable bonds is 5. The number of aromatic nitrogens is 3. The maximum Gasteiger partial charge on any atom is 0.255 e. The molecule has 1 saturated heterocycles. The lowest BCUT2D eigenvalue weighted by molar-refractivity contribution is 0.0681. The summed E-state index contributed by atoms with van der Waals surface area (Å²) in [6, 6.07) is 6.14. The van der Waals surface area contributed by atoms with E-state index in [2.05, 4.69) is 28.8 Å². The molecule has 3 heterocycles. The summed E-state index contributed by atoms with van der Waals surface area (Å²) in [4.78, 5) is 21.2. The number of pyridine rings is 1. The summed E-state index contributed by atoms with van der Waals surface area (Å²) in [7, 11) is 2.01. The van der Waals surface area contributed by atoms with Gasteiger partial charge in [0.2, 0.25) is 0 Å². The molecule has 0 radical (unpaired) electrons. The second kappa shape index (κ2) is 7.68. The summed E-state index contributed by atoms with van der Waals surface area (Å²) in [6.45, 7) is 6.78. The number of piperidine rings is 1. The van der Waals surface area contributed by atoms with Crippen molar-refractivity contribution in [2.45, 2.75) is 39.3 Å². The van der Waals surface area contributed by atoms with Crippen LogP contribution in [-0.2, 0) is 6.54 Å². The second-order valence-corrected chi connectivity index (χ2v) is 7.07. The Labute approximate surface area is 149 Å². The van der Waals surface area contributed by atoms with Crippen LogP contribution in [0.1, 0.15) is 37.0 Å². The fourth-order valence-electron chi connectivity index (χ4n) is 3.16. The van der Waals surface area contributed by atoms with Gasteiger partial charge in [0.25, 0.3) is 5.91 Å². The molecule has 2 aromatic rings. The van der Waals surface area contributed by atoms with Crippen LogP contribution in [0.4, 0.5) is 5.82 Å². The van der Waals surface area contributed by atoms with Crippen LogP contribution in [0.3, 0.4) is 0 Å². The van der Waals surface area contributed by atoms with Crippen molar-refractivity contribution in [1.29, 1.82) is 0 Å². The molecule has 0 aliphatic carbocycles. The standard InChI is InChI=1S/C19H27N5O/c1-15(2)22(3)18-6-5-17(13-20-18)19(25)23-11-7-16(8-12-23)14-24-10-4-9-21-24/h4-6,9-10,13,15-16H,7-8,11-12,14H2,1-3H3. The number of nitrogens with zero attached hydrogens (tertiary/aromatic N) is 5. The molecule has 3 rings (SSSR count). The molecule has 25 heavy (non-hydrogen) atoms. The van der Waals surface area contributed by atoms with Crippen LogP contribution < -0.4 is 4.90 Å². The Morgan fingerprint density at radius 2 is 2.08 bits per heavy atom. The first-order chi connectivity index (χ1) is 12.0. The van der Waals surface area contributed by atoms with Crippen molar-refractivity contribution in [3.8, 4) is 0 Å². The van der Waals surface area contributed by atoms with E-state index < -0.39 is 0 Å². The maximum absolute atomic E-state index is 12.7. The van der Waals surface area contributed by atoms with Crippen molar-refractivity contribution in [3.63, 3.8) is 0 Å². The van der Waals surface area contributed by atoms with Crippen molar-refractivity contribution in [2.24, 2.45) is 5.92 Å². The lowest BCUT2D eigenvalue weighted by Gasteiger charge is -2.32. The molecular weight excluding hydrogens is 314 g/mol. The molecule has 1 aliphatic rings. The van der Waals surface area contributed by atoms with Crippen LogP contribution in [0, 0.1) is 5.92 Å². The smallest absolute Gasteiger partial charge is 0.255 e. The Balaban J connectivity index is 1.55. The number of amides is 1. The number of hydrogen-bond donors (Lipinski definition) is 0.